The molecule has 0 amide bonds. The number of rotatable bonds is 5. The van der Waals surface area contributed by atoms with Gasteiger partial charge in [0.15, 0.2) is 0 Å². The van der Waals surface area contributed by atoms with Gasteiger partial charge in [0.25, 0.3) is 0 Å². The average molecular weight is 268 g/mol. The normalized spacial score (nSPS) is 10.3. The van der Waals surface area contributed by atoms with E-state index >= 15 is 0 Å². The van der Waals surface area contributed by atoms with Crippen LogP contribution in [0.3, 0.4) is 0 Å². The molecule has 2 rings (SSSR count). The van der Waals surface area contributed by atoms with Gasteiger partial charge in [-0.2, -0.15) is 0 Å². The van der Waals surface area contributed by atoms with Crippen LogP contribution in [0.4, 0.5) is 0 Å². The maximum absolute atomic E-state index is 10.6. The van der Waals surface area contributed by atoms with Crippen molar-refractivity contribution in [1.29, 1.82) is 0 Å². The number of ether oxygens (including phenoxy) is 1. The quantitative estimate of drug-likeness (QED) is 0.765. The van der Waals surface area contributed by atoms with E-state index in [1.165, 1.54) is 22.3 Å². The van der Waals surface area contributed by atoms with Crippen LogP contribution in [0.5, 0.6) is 5.75 Å². The third kappa shape index (κ3) is 3.47. The molecule has 2 heteroatoms. The van der Waals surface area contributed by atoms with Crippen molar-refractivity contribution >= 4 is 6.29 Å². The zero-order valence-electron chi connectivity index (χ0n) is 12.3. The average Bonchev–Trinajstić information content (AvgIpc) is 2.42. The lowest BCUT2D eigenvalue weighted by Gasteiger charge is -2.12. The van der Waals surface area contributed by atoms with Gasteiger partial charge in [0.2, 0.25) is 0 Å². The van der Waals surface area contributed by atoms with E-state index in [0.29, 0.717) is 12.2 Å². The molecular formula is C18H20O2. The smallest absolute Gasteiger partial charge is 0.150 e. The van der Waals surface area contributed by atoms with Crippen molar-refractivity contribution < 1.29 is 9.53 Å². The molecule has 2 aromatic rings. The summed E-state index contributed by atoms with van der Waals surface area (Å²) in [4.78, 5) is 10.6. The summed E-state index contributed by atoms with van der Waals surface area (Å²) in [6, 6.07) is 11.6. The lowest BCUT2D eigenvalue weighted by Crippen LogP contribution is -2.05. The standard InChI is InChI=1S/C18H20O2/c1-13-10-14(2)18(15(3)11-13)8-9-20-17-6-4-16(12-19)5-7-17/h4-7,10-12H,8-9H2,1-3H3. The van der Waals surface area contributed by atoms with Crippen LogP contribution in [-0.4, -0.2) is 12.9 Å². The molecule has 104 valence electrons. The van der Waals surface area contributed by atoms with Gasteiger partial charge in [-0.15, -0.1) is 0 Å². The van der Waals surface area contributed by atoms with Gasteiger partial charge in [-0.3, -0.25) is 4.79 Å². The molecule has 0 atom stereocenters. The zero-order valence-corrected chi connectivity index (χ0v) is 12.3. The molecule has 20 heavy (non-hydrogen) atoms. The number of hydrogen-bond donors (Lipinski definition) is 0. The van der Waals surface area contributed by atoms with Crippen LogP contribution in [0.25, 0.3) is 0 Å². The van der Waals surface area contributed by atoms with Gasteiger partial charge < -0.3 is 4.74 Å². The molecule has 0 aromatic heterocycles. The van der Waals surface area contributed by atoms with Crippen molar-refractivity contribution in [3.63, 3.8) is 0 Å². The Kier molecular flexibility index (Phi) is 4.57. The van der Waals surface area contributed by atoms with Gasteiger partial charge in [0.1, 0.15) is 12.0 Å². The van der Waals surface area contributed by atoms with Crippen molar-refractivity contribution in [3.8, 4) is 5.75 Å². The lowest BCUT2D eigenvalue weighted by molar-refractivity contribution is 0.112. The first kappa shape index (κ1) is 14.3. The summed E-state index contributed by atoms with van der Waals surface area (Å²) in [5.41, 5.74) is 5.97. The van der Waals surface area contributed by atoms with E-state index in [1.807, 2.05) is 12.1 Å². The van der Waals surface area contributed by atoms with E-state index in [0.717, 1.165) is 18.5 Å². The van der Waals surface area contributed by atoms with Gasteiger partial charge in [-0.1, -0.05) is 17.7 Å². The van der Waals surface area contributed by atoms with Crippen molar-refractivity contribution in [3.05, 3.63) is 64.2 Å². The van der Waals surface area contributed by atoms with Crippen molar-refractivity contribution in [2.45, 2.75) is 27.2 Å². The Labute approximate surface area is 120 Å². The molecule has 0 radical (unpaired) electrons. The fraction of sp³-hybridized carbons (Fsp3) is 0.278. The highest BCUT2D eigenvalue weighted by molar-refractivity contribution is 5.74. The molecule has 0 aliphatic carbocycles. The number of carbonyl (C=O) groups is 1. The summed E-state index contributed by atoms with van der Waals surface area (Å²) >= 11 is 0. The highest BCUT2D eigenvalue weighted by Gasteiger charge is 2.04. The van der Waals surface area contributed by atoms with Crippen LogP contribution >= 0.6 is 0 Å². The van der Waals surface area contributed by atoms with Crippen LogP contribution in [0.2, 0.25) is 0 Å². The van der Waals surface area contributed by atoms with E-state index in [4.69, 9.17) is 4.74 Å². The van der Waals surface area contributed by atoms with Crippen LogP contribution in [-0.2, 0) is 6.42 Å². The van der Waals surface area contributed by atoms with Crippen LogP contribution in [0.1, 0.15) is 32.6 Å². The Bertz CT molecular complexity index is 574. The summed E-state index contributed by atoms with van der Waals surface area (Å²) in [7, 11) is 0. The molecule has 0 saturated heterocycles. The maximum Gasteiger partial charge on any atom is 0.150 e. The predicted molar refractivity (Wildman–Crippen MR) is 81.7 cm³/mol. The third-order valence-electron chi connectivity index (χ3n) is 3.48. The molecule has 0 saturated carbocycles. The number of carbonyl (C=O) groups excluding carboxylic acids is 1. The van der Waals surface area contributed by atoms with Gasteiger partial charge >= 0.3 is 0 Å². The molecule has 2 nitrogen and oxygen atoms in total. The van der Waals surface area contributed by atoms with Crippen molar-refractivity contribution in [1.82, 2.24) is 0 Å². The summed E-state index contributed by atoms with van der Waals surface area (Å²) in [6.45, 7) is 7.06. The topological polar surface area (TPSA) is 26.3 Å². The molecule has 0 aliphatic rings. The Morgan fingerprint density at radius 2 is 1.60 bits per heavy atom. The van der Waals surface area contributed by atoms with Crippen molar-refractivity contribution in [2.75, 3.05) is 6.61 Å². The molecule has 0 unspecified atom stereocenters. The second-order valence-corrected chi connectivity index (χ2v) is 5.16. The van der Waals surface area contributed by atoms with Crippen molar-refractivity contribution in [2.24, 2.45) is 0 Å². The van der Waals surface area contributed by atoms with Gasteiger partial charge in [-0.25, -0.2) is 0 Å². The van der Waals surface area contributed by atoms with E-state index in [9.17, 15) is 4.79 Å². The lowest BCUT2D eigenvalue weighted by atomic mass is 9.98. The molecule has 0 aliphatic heterocycles. The summed E-state index contributed by atoms with van der Waals surface area (Å²) in [5.74, 6) is 0.804. The van der Waals surface area contributed by atoms with E-state index in [-0.39, 0.29) is 0 Å². The minimum atomic E-state index is 0.644. The van der Waals surface area contributed by atoms with Gasteiger partial charge in [-0.05, 0) is 61.7 Å². The first-order valence-electron chi connectivity index (χ1n) is 6.85. The van der Waals surface area contributed by atoms with Crippen LogP contribution in [0, 0.1) is 20.8 Å². The Morgan fingerprint density at radius 1 is 1.00 bits per heavy atom. The summed E-state index contributed by atoms with van der Waals surface area (Å²) in [5, 5.41) is 0. The minimum absolute atomic E-state index is 0.644. The van der Waals surface area contributed by atoms with E-state index in [1.54, 1.807) is 12.1 Å². The number of hydrogen-bond acceptors (Lipinski definition) is 2. The highest BCUT2D eigenvalue weighted by Crippen LogP contribution is 2.18. The molecule has 0 spiro atoms. The third-order valence-corrected chi connectivity index (χ3v) is 3.48. The minimum Gasteiger partial charge on any atom is -0.493 e. The second kappa shape index (κ2) is 6.38. The fourth-order valence-corrected chi connectivity index (χ4v) is 2.52. The van der Waals surface area contributed by atoms with E-state index < -0.39 is 0 Å². The SMILES string of the molecule is Cc1cc(C)c(CCOc2ccc(C=O)cc2)c(C)c1. The highest BCUT2D eigenvalue weighted by atomic mass is 16.5. The number of aldehydes is 1. The van der Waals surface area contributed by atoms with Gasteiger partial charge in [0.05, 0.1) is 6.61 Å². The monoisotopic (exact) mass is 268 g/mol. The first-order chi connectivity index (χ1) is 9.60. The maximum atomic E-state index is 10.6. The first-order valence-corrected chi connectivity index (χ1v) is 6.85. The Balaban J connectivity index is 1.97. The molecule has 0 N–H and O–H groups in total. The molecule has 0 bridgehead atoms. The summed E-state index contributed by atoms with van der Waals surface area (Å²) in [6.07, 6.45) is 1.73. The van der Waals surface area contributed by atoms with E-state index in [2.05, 4.69) is 32.9 Å². The largest absolute Gasteiger partial charge is 0.493 e. The Morgan fingerprint density at radius 3 is 2.15 bits per heavy atom. The fourth-order valence-electron chi connectivity index (χ4n) is 2.52. The Hall–Kier alpha value is -2.09. The second-order valence-electron chi connectivity index (χ2n) is 5.16. The molecule has 2 aromatic carbocycles. The number of benzene rings is 2. The molecular weight excluding hydrogens is 248 g/mol. The van der Waals surface area contributed by atoms with Gasteiger partial charge in [0, 0.05) is 12.0 Å². The summed E-state index contributed by atoms with van der Waals surface area (Å²) < 4.78 is 5.73. The van der Waals surface area contributed by atoms with Crippen LogP contribution in [0.15, 0.2) is 36.4 Å². The number of aryl methyl sites for hydroxylation is 3. The molecule has 0 heterocycles. The van der Waals surface area contributed by atoms with Crippen LogP contribution < -0.4 is 4.74 Å². The predicted octanol–water partition coefficient (Wildman–Crippen LogP) is 4.05. The zero-order chi connectivity index (χ0) is 14.5. The molecule has 0 fully saturated rings.